The molecule has 0 radical (unpaired) electrons. The highest BCUT2D eigenvalue weighted by molar-refractivity contribution is 7.09. The largest absolute Gasteiger partial charge is 0.343 e. The van der Waals surface area contributed by atoms with Crippen LogP contribution in [-0.2, 0) is 24.1 Å². The normalized spacial score (nSPS) is 15.1. The standard InChI is InChI=1S/C23H27N3OS/c27-22(11-10-21-7-4-16-28-21)26-14-12-19(13-15-26)23-20(17-24-25-23)9-8-18-5-2-1-3-6-18/h1-7,16-17,19H,8-15H2,(H,24,25). The minimum absolute atomic E-state index is 0.292. The Morgan fingerprint density at radius 2 is 1.89 bits per heavy atom. The topological polar surface area (TPSA) is 49.0 Å². The summed E-state index contributed by atoms with van der Waals surface area (Å²) in [6, 6.07) is 14.8. The van der Waals surface area contributed by atoms with Crippen molar-refractivity contribution in [3.05, 3.63) is 75.7 Å². The van der Waals surface area contributed by atoms with Gasteiger partial charge in [-0.15, -0.1) is 11.3 Å². The smallest absolute Gasteiger partial charge is 0.222 e. The molecule has 0 spiro atoms. The van der Waals surface area contributed by atoms with Crippen LogP contribution in [0.5, 0.6) is 0 Å². The lowest BCUT2D eigenvalue weighted by Crippen LogP contribution is -2.38. The molecule has 1 aliphatic rings. The van der Waals surface area contributed by atoms with E-state index < -0.39 is 0 Å². The molecule has 1 amide bonds. The third-order valence-corrected chi connectivity index (χ3v) is 6.63. The molecule has 1 N–H and O–H groups in total. The SMILES string of the molecule is O=C(CCc1cccs1)N1CCC(c2[nH]ncc2CCc2ccccc2)CC1. The second-order valence-electron chi connectivity index (χ2n) is 7.53. The van der Waals surface area contributed by atoms with Gasteiger partial charge in [-0.25, -0.2) is 0 Å². The number of likely N-dealkylation sites (tertiary alicyclic amines) is 1. The van der Waals surface area contributed by atoms with E-state index in [-0.39, 0.29) is 0 Å². The van der Waals surface area contributed by atoms with Gasteiger partial charge in [0.05, 0.1) is 6.20 Å². The summed E-state index contributed by atoms with van der Waals surface area (Å²) >= 11 is 1.73. The molecule has 0 saturated carbocycles. The molecule has 4 nitrogen and oxygen atoms in total. The summed E-state index contributed by atoms with van der Waals surface area (Å²) in [5.74, 6) is 0.774. The van der Waals surface area contributed by atoms with E-state index in [9.17, 15) is 4.79 Å². The number of nitrogens with zero attached hydrogens (tertiary/aromatic N) is 2. The van der Waals surface area contributed by atoms with Gasteiger partial charge in [0.15, 0.2) is 0 Å². The van der Waals surface area contributed by atoms with Gasteiger partial charge < -0.3 is 4.90 Å². The number of carbonyl (C=O) groups is 1. The number of benzene rings is 1. The monoisotopic (exact) mass is 393 g/mol. The first-order valence-electron chi connectivity index (χ1n) is 10.2. The zero-order chi connectivity index (χ0) is 19.2. The summed E-state index contributed by atoms with van der Waals surface area (Å²) < 4.78 is 0. The molecule has 146 valence electrons. The van der Waals surface area contributed by atoms with Crippen LogP contribution in [-0.4, -0.2) is 34.1 Å². The van der Waals surface area contributed by atoms with Crippen LogP contribution in [0.15, 0.2) is 54.0 Å². The fourth-order valence-corrected chi connectivity index (χ4v) is 4.77. The lowest BCUT2D eigenvalue weighted by atomic mass is 9.89. The highest BCUT2D eigenvalue weighted by Gasteiger charge is 2.26. The average Bonchev–Trinajstić information content (AvgIpc) is 3.43. The van der Waals surface area contributed by atoms with Gasteiger partial charge in [-0.2, -0.15) is 5.10 Å². The Balaban J connectivity index is 1.28. The summed E-state index contributed by atoms with van der Waals surface area (Å²) in [4.78, 5) is 15.9. The first kappa shape index (κ1) is 18.9. The Labute approximate surface area is 170 Å². The summed E-state index contributed by atoms with van der Waals surface area (Å²) in [6.07, 6.45) is 7.55. The molecule has 28 heavy (non-hydrogen) atoms. The Morgan fingerprint density at radius 1 is 1.07 bits per heavy atom. The number of carbonyl (C=O) groups excluding carboxylic acids is 1. The van der Waals surface area contributed by atoms with E-state index in [2.05, 4.69) is 58.0 Å². The number of nitrogens with one attached hydrogen (secondary N) is 1. The van der Waals surface area contributed by atoms with E-state index in [1.807, 2.05) is 11.1 Å². The van der Waals surface area contributed by atoms with Crippen molar-refractivity contribution in [3.8, 4) is 0 Å². The summed E-state index contributed by atoms with van der Waals surface area (Å²) in [5.41, 5.74) is 3.97. The molecular weight excluding hydrogens is 366 g/mol. The zero-order valence-electron chi connectivity index (χ0n) is 16.1. The Hall–Kier alpha value is -2.40. The number of aromatic nitrogens is 2. The van der Waals surface area contributed by atoms with Crippen LogP contribution >= 0.6 is 11.3 Å². The second-order valence-corrected chi connectivity index (χ2v) is 8.56. The Morgan fingerprint density at radius 3 is 2.64 bits per heavy atom. The Kier molecular flexibility index (Phi) is 6.22. The first-order chi connectivity index (χ1) is 13.8. The van der Waals surface area contributed by atoms with Crippen LogP contribution in [0.1, 0.15) is 46.9 Å². The number of amides is 1. The predicted molar refractivity (Wildman–Crippen MR) is 114 cm³/mol. The van der Waals surface area contributed by atoms with Gasteiger partial charge in [-0.3, -0.25) is 9.89 Å². The maximum Gasteiger partial charge on any atom is 0.222 e. The Bertz CT molecular complexity index is 864. The van der Waals surface area contributed by atoms with E-state index in [0.29, 0.717) is 18.2 Å². The molecule has 1 aromatic carbocycles. The molecule has 4 rings (SSSR count). The molecule has 0 aliphatic carbocycles. The van der Waals surface area contributed by atoms with Crippen LogP contribution < -0.4 is 0 Å². The van der Waals surface area contributed by atoms with Crippen molar-refractivity contribution in [2.24, 2.45) is 0 Å². The number of hydrogen-bond donors (Lipinski definition) is 1. The maximum absolute atomic E-state index is 12.5. The van der Waals surface area contributed by atoms with Crippen molar-refractivity contribution >= 4 is 17.2 Å². The van der Waals surface area contributed by atoms with Crippen molar-refractivity contribution < 1.29 is 4.79 Å². The minimum Gasteiger partial charge on any atom is -0.343 e. The summed E-state index contributed by atoms with van der Waals surface area (Å²) in [6.45, 7) is 1.70. The molecule has 0 unspecified atom stereocenters. The van der Waals surface area contributed by atoms with Crippen molar-refractivity contribution in [3.63, 3.8) is 0 Å². The first-order valence-corrected chi connectivity index (χ1v) is 11.0. The number of rotatable bonds is 7. The number of aryl methyl sites for hydroxylation is 3. The van der Waals surface area contributed by atoms with Crippen LogP contribution in [0.25, 0.3) is 0 Å². The van der Waals surface area contributed by atoms with Crippen molar-refractivity contribution in [2.45, 2.75) is 44.4 Å². The molecule has 5 heteroatoms. The fraction of sp³-hybridized carbons (Fsp3) is 0.391. The van der Waals surface area contributed by atoms with E-state index in [0.717, 1.165) is 45.2 Å². The number of H-pyrrole nitrogens is 1. The van der Waals surface area contributed by atoms with Gasteiger partial charge in [-0.05, 0) is 54.7 Å². The third-order valence-electron chi connectivity index (χ3n) is 5.70. The van der Waals surface area contributed by atoms with Gasteiger partial charge in [-0.1, -0.05) is 36.4 Å². The van der Waals surface area contributed by atoms with Gasteiger partial charge in [0, 0.05) is 36.0 Å². The number of hydrogen-bond acceptors (Lipinski definition) is 3. The molecule has 1 fully saturated rings. The van der Waals surface area contributed by atoms with Crippen molar-refractivity contribution in [2.75, 3.05) is 13.1 Å². The lowest BCUT2D eigenvalue weighted by molar-refractivity contribution is -0.132. The molecule has 1 saturated heterocycles. The summed E-state index contributed by atoms with van der Waals surface area (Å²) in [5, 5.41) is 9.64. The van der Waals surface area contributed by atoms with Gasteiger partial charge >= 0.3 is 0 Å². The van der Waals surface area contributed by atoms with Gasteiger partial charge in [0.25, 0.3) is 0 Å². The molecule has 3 aromatic rings. The second kappa shape index (κ2) is 9.20. The number of aromatic amines is 1. The minimum atomic E-state index is 0.292. The maximum atomic E-state index is 12.5. The van der Waals surface area contributed by atoms with Gasteiger partial charge in [0.2, 0.25) is 5.91 Å². The van der Waals surface area contributed by atoms with E-state index in [1.165, 1.54) is 21.7 Å². The molecule has 0 bridgehead atoms. The fourth-order valence-electron chi connectivity index (χ4n) is 4.06. The molecular formula is C23H27N3OS. The molecule has 2 aromatic heterocycles. The van der Waals surface area contributed by atoms with E-state index >= 15 is 0 Å². The van der Waals surface area contributed by atoms with Crippen LogP contribution in [0.3, 0.4) is 0 Å². The summed E-state index contributed by atoms with van der Waals surface area (Å²) in [7, 11) is 0. The van der Waals surface area contributed by atoms with Crippen LogP contribution in [0.2, 0.25) is 0 Å². The van der Waals surface area contributed by atoms with E-state index in [4.69, 9.17) is 0 Å². The zero-order valence-corrected chi connectivity index (χ0v) is 17.0. The highest BCUT2D eigenvalue weighted by atomic mass is 32.1. The van der Waals surface area contributed by atoms with E-state index in [1.54, 1.807) is 11.3 Å². The highest BCUT2D eigenvalue weighted by Crippen LogP contribution is 2.30. The van der Waals surface area contributed by atoms with Crippen molar-refractivity contribution in [1.82, 2.24) is 15.1 Å². The van der Waals surface area contributed by atoms with Crippen LogP contribution in [0, 0.1) is 0 Å². The number of piperidine rings is 1. The predicted octanol–water partition coefficient (Wildman–Crippen LogP) is 4.60. The third kappa shape index (κ3) is 4.71. The molecule has 0 atom stereocenters. The molecule has 1 aliphatic heterocycles. The lowest BCUT2D eigenvalue weighted by Gasteiger charge is -2.32. The van der Waals surface area contributed by atoms with Crippen molar-refractivity contribution in [1.29, 1.82) is 0 Å². The van der Waals surface area contributed by atoms with Crippen LogP contribution in [0.4, 0.5) is 0 Å². The molecule has 3 heterocycles. The number of thiophene rings is 1. The quantitative estimate of drug-likeness (QED) is 0.638. The van der Waals surface area contributed by atoms with Gasteiger partial charge in [0.1, 0.15) is 0 Å². The average molecular weight is 394 g/mol.